The van der Waals surface area contributed by atoms with Crippen LogP contribution in [0.4, 0.5) is 0 Å². The Morgan fingerprint density at radius 2 is 1.27 bits per heavy atom. The maximum atomic E-state index is 3.71. The number of nitrogens with one attached hydrogen (secondary N) is 1. The Labute approximate surface area is 96.6 Å². The fourth-order valence-electron chi connectivity index (χ4n) is 2.30. The van der Waals surface area contributed by atoms with E-state index in [1.165, 1.54) is 0 Å². The molecular formula is C10H28N4Si. The number of rotatable bonds is 7. The Hall–Kier alpha value is 0.0569. The SMILES string of the molecule is CCN[Si](N(C)C)(N(C)C)N(CC)CC. The zero-order valence-corrected chi connectivity index (χ0v) is 12.5. The van der Waals surface area contributed by atoms with Gasteiger partial charge in [0.15, 0.2) is 0 Å². The lowest BCUT2D eigenvalue weighted by Crippen LogP contribution is -2.79. The standard InChI is InChI=1S/C10H28N4Si/c1-8-11-15(12(4)5,13(6)7)14(9-2)10-3/h11H,8-10H2,1-7H3. The zero-order chi connectivity index (χ0) is 12.1. The van der Waals surface area contributed by atoms with Crippen LogP contribution in [-0.2, 0) is 0 Å². The van der Waals surface area contributed by atoms with Crippen molar-refractivity contribution < 1.29 is 0 Å². The molecule has 0 radical (unpaired) electrons. The minimum absolute atomic E-state index is 1.01. The van der Waals surface area contributed by atoms with E-state index in [-0.39, 0.29) is 0 Å². The van der Waals surface area contributed by atoms with E-state index < -0.39 is 8.72 Å². The second-order valence-corrected chi connectivity index (χ2v) is 8.17. The monoisotopic (exact) mass is 232 g/mol. The van der Waals surface area contributed by atoms with E-state index in [0.717, 1.165) is 19.6 Å². The average molecular weight is 232 g/mol. The minimum Gasteiger partial charge on any atom is -0.301 e. The second-order valence-electron chi connectivity index (χ2n) is 4.13. The van der Waals surface area contributed by atoms with E-state index in [4.69, 9.17) is 0 Å². The van der Waals surface area contributed by atoms with Gasteiger partial charge < -0.3 is 4.98 Å². The molecule has 0 saturated carbocycles. The van der Waals surface area contributed by atoms with Crippen LogP contribution in [0.25, 0.3) is 0 Å². The van der Waals surface area contributed by atoms with Crippen molar-refractivity contribution in [3.63, 3.8) is 0 Å². The molecule has 0 aromatic carbocycles. The summed E-state index contributed by atoms with van der Waals surface area (Å²) in [4.78, 5) is 3.71. The van der Waals surface area contributed by atoms with Crippen molar-refractivity contribution in [2.45, 2.75) is 20.8 Å². The molecule has 0 rings (SSSR count). The molecule has 1 N–H and O–H groups in total. The number of hydrogen-bond acceptors (Lipinski definition) is 4. The average Bonchev–Trinajstić information content (AvgIpc) is 2.17. The summed E-state index contributed by atoms with van der Waals surface area (Å²) < 4.78 is 7.28. The van der Waals surface area contributed by atoms with Crippen LogP contribution in [0.3, 0.4) is 0 Å². The van der Waals surface area contributed by atoms with E-state index in [1.54, 1.807) is 0 Å². The second kappa shape index (κ2) is 6.60. The molecule has 0 spiro atoms. The van der Waals surface area contributed by atoms with Crippen LogP contribution in [0, 0.1) is 0 Å². The molecule has 0 bridgehead atoms. The van der Waals surface area contributed by atoms with E-state index >= 15 is 0 Å². The van der Waals surface area contributed by atoms with Gasteiger partial charge in [0.1, 0.15) is 0 Å². The van der Waals surface area contributed by atoms with Gasteiger partial charge in [-0.1, -0.05) is 20.8 Å². The molecule has 0 aliphatic rings. The summed E-state index contributed by atoms with van der Waals surface area (Å²) in [7, 11) is 6.87. The lowest BCUT2D eigenvalue weighted by Gasteiger charge is -2.48. The van der Waals surface area contributed by atoms with Crippen LogP contribution in [0.1, 0.15) is 20.8 Å². The van der Waals surface area contributed by atoms with Crippen molar-refractivity contribution in [1.29, 1.82) is 0 Å². The normalized spacial score (nSPS) is 13.2. The van der Waals surface area contributed by atoms with E-state index in [9.17, 15) is 0 Å². The molecule has 0 amide bonds. The highest BCUT2D eigenvalue weighted by Gasteiger charge is 2.44. The van der Waals surface area contributed by atoms with Crippen molar-refractivity contribution in [3.8, 4) is 0 Å². The van der Waals surface area contributed by atoms with Crippen LogP contribution in [0.2, 0.25) is 0 Å². The van der Waals surface area contributed by atoms with Crippen molar-refractivity contribution >= 4 is 8.72 Å². The quantitative estimate of drug-likeness (QED) is 0.645. The van der Waals surface area contributed by atoms with Gasteiger partial charge in [-0.15, -0.1) is 0 Å². The molecule has 92 valence electrons. The van der Waals surface area contributed by atoms with Crippen LogP contribution in [-0.4, -0.2) is 70.2 Å². The molecule has 0 fully saturated rings. The Morgan fingerprint density at radius 3 is 1.47 bits per heavy atom. The summed E-state index contributed by atoms with van der Waals surface area (Å²) in [6.07, 6.45) is 0. The van der Waals surface area contributed by atoms with E-state index in [1.807, 2.05) is 0 Å². The Balaban J connectivity index is 5.09. The summed E-state index contributed by atoms with van der Waals surface area (Å²) in [5, 5.41) is 0. The van der Waals surface area contributed by atoms with Gasteiger partial charge >= 0.3 is 8.72 Å². The third-order valence-corrected chi connectivity index (χ3v) is 7.70. The third-order valence-electron chi connectivity index (χ3n) is 2.87. The third kappa shape index (κ3) is 3.01. The fourth-order valence-corrected chi connectivity index (χ4v) is 6.44. The lowest BCUT2D eigenvalue weighted by atomic mass is 10.7. The van der Waals surface area contributed by atoms with Crippen molar-refractivity contribution in [2.24, 2.45) is 0 Å². The number of hydrogen-bond donors (Lipinski definition) is 1. The molecule has 0 heterocycles. The van der Waals surface area contributed by atoms with Crippen molar-refractivity contribution in [3.05, 3.63) is 0 Å². The number of nitrogens with zero attached hydrogens (tertiary/aromatic N) is 3. The molecule has 0 aliphatic heterocycles. The molecule has 0 aromatic rings. The molecule has 0 aliphatic carbocycles. The van der Waals surface area contributed by atoms with Gasteiger partial charge in [-0.3, -0.25) is 13.7 Å². The Kier molecular flexibility index (Phi) is 6.62. The molecule has 15 heavy (non-hydrogen) atoms. The summed E-state index contributed by atoms with van der Waals surface area (Å²) in [6.45, 7) is 9.83. The van der Waals surface area contributed by atoms with Gasteiger partial charge in [-0.05, 0) is 47.8 Å². The minimum atomic E-state index is -1.83. The molecule has 0 saturated heterocycles. The van der Waals surface area contributed by atoms with Gasteiger partial charge in [0, 0.05) is 0 Å². The Morgan fingerprint density at radius 1 is 0.867 bits per heavy atom. The first kappa shape index (κ1) is 15.1. The van der Waals surface area contributed by atoms with Crippen LogP contribution in [0.5, 0.6) is 0 Å². The van der Waals surface area contributed by atoms with Gasteiger partial charge in [0.2, 0.25) is 0 Å². The summed E-state index contributed by atoms with van der Waals surface area (Å²) >= 11 is 0. The predicted molar refractivity (Wildman–Crippen MR) is 69.7 cm³/mol. The largest absolute Gasteiger partial charge is 0.373 e. The van der Waals surface area contributed by atoms with Gasteiger partial charge in [0.05, 0.1) is 0 Å². The zero-order valence-electron chi connectivity index (χ0n) is 11.5. The first-order valence-corrected chi connectivity index (χ1v) is 7.66. The first-order valence-electron chi connectivity index (χ1n) is 5.82. The molecule has 5 heteroatoms. The Bertz CT molecular complexity index is 161. The molecule has 0 unspecified atom stereocenters. The molecular weight excluding hydrogens is 204 g/mol. The summed E-state index contributed by atoms with van der Waals surface area (Å²) in [6, 6.07) is 0. The summed E-state index contributed by atoms with van der Waals surface area (Å²) in [5.41, 5.74) is 0. The maximum Gasteiger partial charge on any atom is 0.373 e. The lowest BCUT2D eigenvalue weighted by molar-refractivity contribution is 0.310. The van der Waals surface area contributed by atoms with Gasteiger partial charge in [-0.25, -0.2) is 0 Å². The van der Waals surface area contributed by atoms with Gasteiger partial charge in [-0.2, -0.15) is 0 Å². The highest BCUT2D eigenvalue weighted by molar-refractivity contribution is 6.69. The summed E-state index contributed by atoms with van der Waals surface area (Å²) in [5.74, 6) is 0. The maximum absolute atomic E-state index is 3.71. The van der Waals surface area contributed by atoms with E-state index in [2.05, 4.69) is 67.6 Å². The predicted octanol–water partition coefficient (Wildman–Crippen LogP) is 0.497. The van der Waals surface area contributed by atoms with Crippen molar-refractivity contribution in [2.75, 3.05) is 47.8 Å². The highest BCUT2D eigenvalue weighted by Crippen LogP contribution is 2.11. The molecule has 4 nitrogen and oxygen atoms in total. The highest BCUT2D eigenvalue weighted by atomic mass is 28.4. The topological polar surface area (TPSA) is 21.8 Å². The van der Waals surface area contributed by atoms with Crippen LogP contribution < -0.4 is 4.98 Å². The molecule has 0 aromatic heterocycles. The van der Waals surface area contributed by atoms with Crippen LogP contribution >= 0.6 is 0 Å². The fraction of sp³-hybridized carbons (Fsp3) is 1.00. The molecule has 0 atom stereocenters. The first-order chi connectivity index (χ1) is 6.97. The van der Waals surface area contributed by atoms with Crippen molar-refractivity contribution in [1.82, 2.24) is 18.7 Å². The van der Waals surface area contributed by atoms with Crippen LogP contribution in [0.15, 0.2) is 0 Å². The van der Waals surface area contributed by atoms with E-state index in [0.29, 0.717) is 0 Å². The smallest absolute Gasteiger partial charge is 0.301 e. The van der Waals surface area contributed by atoms with Gasteiger partial charge in [0.25, 0.3) is 0 Å².